The van der Waals surface area contributed by atoms with Crippen molar-refractivity contribution >= 4 is 17.9 Å². The van der Waals surface area contributed by atoms with Crippen molar-refractivity contribution in [1.82, 2.24) is 5.32 Å². The minimum Gasteiger partial charge on any atom is -0.343 e. The van der Waals surface area contributed by atoms with Gasteiger partial charge in [-0.25, -0.2) is 0 Å². The van der Waals surface area contributed by atoms with E-state index in [0.29, 0.717) is 17.9 Å². The summed E-state index contributed by atoms with van der Waals surface area (Å²) in [6.45, 7) is 9.61. The summed E-state index contributed by atoms with van der Waals surface area (Å²) in [5, 5.41) is 2.29. The molecule has 0 heterocycles. The molecule has 0 saturated carbocycles. The van der Waals surface area contributed by atoms with Crippen LogP contribution in [-0.2, 0) is 0 Å². The highest BCUT2D eigenvalue weighted by Gasteiger charge is 2.14. The standard InChI is InChI=1S/C10H20NOS/c1-8(7-10(2,3)4)5-6-11-9(12)13/h8H,5-7H2,1-4H3,(H,11,12). The van der Waals surface area contributed by atoms with Gasteiger partial charge in [-0.05, 0) is 36.8 Å². The number of hydrogen-bond acceptors (Lipinski definition) is 1. The number of nitrogens with one attached hydrogen (secondary N) is 1. The van der Waals surface area contributed by atoms with Gasteiger partial charge >= 0.3 is 5.24 Å². The lowest BCUT2D eigenvalue weighted by molar-refractivity contribution is 0.258. The number of hydrogen-bond donors (Lipinski definition) is 1. The van der Waals surface area contributed by atoms with E-state index in [4.69, 9.17) is 0 Å². The zero-order valence-electron chi connectivity index (χ0n) is 9.02. The largest absolute Gasteiger partial charge is 0.343 e. The van der Waals surface area contributed by atoms with Gasteiger partial charge in [0.05, 0.1) is 0 Å². The minimum atomic E-state index is -0.344. The van der Waals surface area contributed by atoms with Gasteiger partial charge < -0.3 is 5.32 Å². The van der Waals surface area contributed by atoms with Crippen molar-refractivity contribution in [3.05, 3.63) is 0 Å². The molecule has 2 nitrogen and oxygen atoms in total. The molecule has 3 heteroatoms. The molecule has 1 unspecified atom stereocenters. The first-order valence-electron chi connectivity index (χ1n) is 4.76. The first-order chi connectivity index (χ1) is 5.81. The lowest BCUT2D eigenvalue weighted by Crippen LogP contribution is -2.21. The summed E-state index contributed by atoms with van der Waals surface area (Å²) in [5.41, 5.74) is 0.372. The Kier molecular flexibility index (Phi) is 5.30. The average molecular weight is 202 g/mol. The van der Waals surface area contributed by atoms with Crippen LogP contribution in [-0.4, -0.2) is 11.8 Å². The van der Waals surface area contributed by atoms with Crippen molar-refractivity contribution in [2.24, 2.45) is 11.3 Å². The summed E-state index contributed by atoms with van der Waals surface area (Å²) in [5.74, 6) is 0.641. The van der Waals surface area contributed by atoms with Crippen LogP contribution in [0.1, 0.15) is 40.5 Å². The fourth-order valence-electron chi connectivity index (χ4n) is 1.57. The van der Waals surface area contributed by atoms with E-state index < -0.39 is 0 Å². The lowest BCUT2D eigenvalue weighted by atomic mass is 9.84. The van der Waals surface area contributed by atoms with Crippen LogP contribution < -0.4 is 5.32 Å². The Balaban J connectivity index is 3.52. The highest BCUT2D eigenvalue weighted by atomic mass is 32.1. The molecule has 0 rings (SSSR count). The summed E-state index contributed by atoms with van der Waals surface area (Å²) in [4.78, 5) is 10.4. The average Bonchev–Trinajstić information content (AvgIpc) is 1.81. The Morgan fingerprint density at radius 3 is 2.38 bits per heavy atom. The van der Waals surface area contributed by atoms with E-state index in [2.05, 4.69) is 45.6 Å². The molecule has 1 radical (unpaired) electrons. The Labute approximate surface area is 86.9 Å². The second-order valence-electron chi connectivity index (χ2n) is 4.87. The van der Waals surface area contributed by atoms with Gasteiger partial charge in [0.2, 0.25) is 0 Å². The number of carbonyl (C=O) groups is 1. The van der Waals surface area contributed by atoms with Crippen LogP contribution in [0.4, 0.5) is 4.79 Å². The topological polar surface area (TPSA) is 29.1 Å². The molecule has 0 saturated heterocycles. The third-order valence-electron chi connectivity index (χ3n) is 1.87. The molecule has 0 aromatic carbocycles. The van der Waals surface area contributed by atoms with Gasteiger partial charge in [0.25, 0.3) is 0 Å². The van der Waals surface area contributed by atoms with Crippen molar-refractivity contribution in [3.63, 3.8) is 0 Å². The van der Waals surface area contributed by atoms with Gasteiger partial charge in [-0.2, -0.15) is 0 Å². The molecule has 1 N–H and O–H groups in total. The van der Waals surface area contributed by atoms with Crippen molar-refractivity contribution in [2.75, 3.05) is 6.54 Å². The molecular weight excluding hydrogens is 182 g/mol. The Bertz CT molecular complexity index is 163. The van der Waals surface area contributed by atoms with Crippen molar-refractivity contribution < 1.29 is 4.79 Å². The van der Waals surface area contributed by atoms with E-state index in [1.807, 2.05) is 0 Å². The van der Waals surface area contributed by atoms with Crippen molar-refractivity contribution in [1.29, 1.82) is 0 Å². The smallest absolute Gasteiger partial charge is 0.310 e. The predicted molar refractivity (Wildman–Crippen MR) is 58.8 cm³/mol. The molecule has 0 fully saturated rings. The third-order valence-corrected chi connectivity index (χ3v) is 2.01. The van der Waals surface area contributed by atoms with Crippen molar-refractivity contribution in [2.45, 2.75) is 40.5 Å². The minimum absolute atomic E-state index is 0.344. The summed E-state index contributed by atoms with van der Waals surface area (Å²) in [7, 11) is 0. The van der Waals surface area contributed by atoms with Gasteiger partial charge in [-0.3, -0.25) is 4.79 Å². The second-order valence-corrected chi connectivity index (χ2v) is 5.24. The summed E-state index contributed by atoms with van der Waals surface area (Å²) >= 11 is 4.39. The maximum absolute atomic E-state index is 10.4. The van der Waals surface area contributed by atoms with Crippen LogP contribution in [0.5, 0.6) is 0 Å². The Morgan fingerprint density at radius 2 is 2.00 bits per heavy atom. The Hall–Kier alpha value is -0.310. The van der Waals surface area contributed by atoms with E-state index in [1.54, 1.807) is 0 Å². The molecule has 1 amide bonds. The molecule has 1 atom stereocenters. The Morgan fingerprint density at radius 1 is 1.46 bits per heavy atom. The summed E-state index contributed by atoms with van der Waals surface area (Å²) in [6.07, 6.45) is 2.19. The molecule has 77 valence electrons. The van der Waals surface area contributed by atoms with E-state index in [9.17, 15) is 4.79 Å². The van der Waals surface area contributed by atoms with Crippen LogP contribution in [0.3, 0.4) is 0 Å². The first kappa shape index (κ1) is 12.7. The molecule has 0 aliphatic carbocycles. The summed E-state index contributed by atoms with van der Waals surface area (Å²) < 4.78 is 0. The maximum Gasteiger partial charge on any atom is 0.310 e. The fourth-order valence-corrected chi connectivity index (χ4v) is 1.67. The zero-order valence-corrected chi connectivity index (χ0v) is 9.83. The van der Waals surface area contributed by atoms with Gasteiger partial charge in [-0.15, -0.1) is 0 Å². The molecule has 0 bridgehead atoms. The summed E-state index contributed by atoms with van der Waals surface area (Å²) in [6, 6.07) is 0. The molecule has 0 aliphatic heterocycles. The van der Waals surface area contributed by atoms with Crippen molar-refractivity contribution in [3.8, 4) is 0 Å². The SMILES string of the molecule is CC(CCNC(=O)[S])CC(C)(C)C. The van der Waals surface area contributed by atoms with Crippen LogP contribution >= 0.6 is 12.6 Å². The van der Waals surface area contributed by atoms with E-state index in [0.717, 1.165) is 6.42 Å². The van der Waals surface area contributed by atoms with Gasteiger partial charge in [0.15, 0.2) is 0 Å². The third kappa shape index (κ3) is 9.61. The molecule has 13 heavy (non-hydrogen) atoms. The highest BCUT2D eigenvalue weighted by Crippen LogP contribution is 2.25. The fraction of sp³-hybridized carbons (Fsp3) is 0.900. The lowest BCUT2D eigenvalue weighted by Gasteiger charge is -2.23. The van der Waals surface area contributed by atoms with E-state index >= 15 is 0 Å². The quantitative estimate of drug-likeness (QED) is 0.744. The van der Waals surface area contributed by atoms with Gasteiger partial charge in [0.1, 0.15) is 0 Å². The van der Waals surface area contributed by atoms with E-state index in [-0.39, 0.29) is 5.24 Å². The monoisotopic (exact) mass is 202 g/mol. The number of carbonyl (C=O) groups excluding carboxylic acids is 1. The van der Waals surface area contributed by atoms with Gasteiger partial charge in [-0.1, -0.05) is 27.7 Å². The van der Waals surface area contributed by atoms with E-state index in [1.165, 1.54) is 6.42 Å². The number of rotatable bonds is 4. The molecule has 0 aliphatic rings. The first-order valence-corrected chi connectivity index (χ1v) is 5.17. The van der Waals surface area contributed by atoms with Crippen LogP contribution in [0.15, 0.2) is 0 Å². The maximum atomic E-state index is 10.4. The molecule has 0 aromatic rings. The second kappa shape index (κ2) is 5.43. The molecular formula is C10H20NOS. The van der Waals surface area contributed by atoms with Gasteiger partial charge in [0, 0.05) is 6.54 Å². The zero-order chi connectivity index (χ0) is 10.5. The predicted octanol–water partition coefficient (Wildman–Crippen LogP) is 3.36. The molecule has 0 spiro atoms. The van der Waals surface area contributed by atoms with Crippen LogP contribution in [0.2, 0.25) is 0 Å². The highest BCUT2D eigenvalue weighted by molar-refractivity contribution is 7.96. The van der Waals surface area contributed by atoms with Crippen LogP contribution in [0.25, 0.3) is 0 Å². The number of amides is 1. The van der Waals surface area contributed by atoms with Crippen LogP contribution in [0, 0.1) is 11.3 Å². The normalized spacial score (nSPS) is 13.8. The molecule has 0 aromatic heterocycles.